The van der Waals surface area contributed by atoms with Gasteiger partial charge in [-0.25, -0.2) is 0 Å². The number of halogens is 3. The minimum absolute atomic E-state index is 0.259. The Morgan fingerprint density at radius 3 is 2.74 bits per heavy atom. The molecule has 98 valence electrons. The number of hydrogen-bond acceptors (Lipinski definition) is 3. The van der Waals surface area contributed by atoms with Gasteiger partial charge in [0, 0.05) is 27.5 Å². The van der Waals surface area contributed by atoms with Gasteiger partial charge in [-0.05, 0) is 34.1 Å². The highest BCUT2D eigenvalue weighted by Gasteiger charge is 2.10. The van der Waals surface area contributed by atoms with Crippen molar-refractivity contribution in [1.82, 2.24) is 4.98 Å². The second-order valence-corrected chi connectivity index (χ2v) is 5.48. The van der Waals surface area contributed by atoms with Crippen molar-refractivity contribution in [3.63, 3.8) is 0 Å². The minimum atomic E-state index is 0.259. The maximum atomic E-state index is 11.0. The highest BCUT2D eigenvalue weighted by atomic mass is 79.9. The lowest BCUT2D eigenvalue weighted by Crippen LogP contribution is -1.99. The molecule has 0 saturated heterocycles. The molecule has 2 aromatic rings. The number of hydrogen-bond donors (Lipinski definition) is 0. The summed E-state index contributed by atoms with van der Waals surface area (Å²) in [7, 11) is 0. The molecule has 3 nitrogen and oxygen atoms in total. The lowest BCUT2D eigenvalue weighted by atomic mass is 10.2. The highest BCUT2D eigenvalue weighted by Crippen LogP contribution is 2.32. The summed E-state index contributed by atoms with van der Waals surface area (Å²) in [6, 6.07) is 4.91. The molecule has 0 aliphatic carbocycles. The summed E-state index contributed by atoms with van der Waals surface area (Å²) >= 11 is 15.2. The van der Waals surface area contributed by atoms with E-state index in [-0.39, 0.29) is 6.61 Å². The average molecular weight is 361 g/mol. The molecule has 2 rings (SSSR count). The fourth-order valence-electron chi connectivity index (χ4n) is 1.51. The second kappa shape index (κ2) is 6.37. The maximum absolute atomic E-state index is 11.0. The van der Waals surface area contributed by atoms with Crippen molar-refractivity contribution in [3.8, 4) is 5.75 Å². The van der Waals surface area contributed by atoms with Crippen LogP contribution in [0.2, 0.25) is 10.0 Å². The van der Waals surface area contributed by atoms with E-state index in [1.807, 2.05) is 6.07 Å². The van der Waals surface area contributed by atoms with E-state index in [0.717, 1.165) is 10.0 Å². The van der Waals surface area contributed by atoms with Crippen LogP contribution in [0, 0.1) is 0 Å². The van der Waals surface area contributed by atoms with Gasteiger partial charge in [0.2, 0.25) is 0 Å². The van der Waals surface area contributed by atoms with Gasteiger partial charge in [0.1, 0.15) is 12.4 Å². The molecule has 0 amide bonds. The summed E-state index contributed by atoms with van der Waals surface area (Å²) in [4.78, 5) is 15.0. The molecule has 1 heterocycles. The van der Waals surface area contributed by atoms with Gasteiger partial charge in [-0.2, -0.15) is 0 Å². The normalized spacial score (nSPS) is 10.3. The molecular weight excluding hydrogens is 353 g/mol. The van der Waals surface area contributed by atoms with E-state index >= 15 is 0 Å². The fourth-order valence-corrected chi connectivity index (χ4v) is 2.49. The quantitative estimate of drug-likeness (QED) is 0.751. The summed E-state index contributed by atoms with van der Waals surface area (Å²) < 4.78 is 6.43. The molecule has 1 aromatic carbocycles. The Morgan fingerprint density at radius 1 is 1.26 bits per heavy atom. The van der Waals surface area contributed by atoms with Crippen molar-refractivity contribution in [2.45, 2.75) is 6.61 Å². The van der Waals surface area contributed by atoms with Crippen LogP contribution >= 0.6 is 39.1 Å². The topological polar surface area (TPSA) is 39.2 Å². The molecule has 6 heteroatoms. The number of carbonyl (C=O) groups is 1. The van der Waals surface area contributed by atoms with Crippen LogP contribution in [0.1, 0.15) is 15.9 Å². The smallest absolute Gasteiger partial charge is 0.153 e. The molecule has 0 N–H and O–H groups in total. The number of ether oxygens (including phenoxy) is 1. The van der Waals surface area contributed by atoms with Gasteiger partial charge in [-0.3, -0.25) is 9.78 Å². The van der Waals surface area contributed by atoms with Crippen LogP contribution in [0.25, 0.3) is 0 Å². The molecular formula is C13H8BrCl2NO2. The highest BCUT2D eigenvalue weighted by molar-refractivity contribution is 9.10. The molecule has 0 unspecified atom stereocenters. The van der Waals surface area contributed by atoms with Crippen molar-refractivity contribution in [2.75, 3.05) is 0 Å². The summed E-state index contributed by atoms with van der Waals surface area (Å²) in [6.07, 6.45) is 4.01. The number of nitrogens with zero attached hydrogens (tertiary/aromatic N) is 1. The van der Waals surface area contributed by atoms with Gasteiger partial charge < -0.3 is 4.74 Å². The Hall–Kier alpha value is -1.10. The van der Waals surface area contributed by atoms with Crippen LogP contribution in [-0.4, -0.2) is 11.3 Å². The van der Waals surface area contributed by atoms with Gasteiger partial charge in [0.25, 0.3) is 0 Å². The van der Waals surface area contributed by atoms with Gasteiger partial charge in [-0.15, -0.1) is 0 Å². The fraction of sp³-hybridized carbons (Fsp3) is 0.0769. The van der Waals surface area contributed by atoms with E-state index in [2.05, 4.69) is 20.9 Å². The predicted molar refractivity (Wildman–Crippen MR) is 78.1 cm³/mol. The zero-order valence-corrected chi connectivity index (χ0v) is 12.7. The molecule has 0 bridgehead atoms. The third kappa shape index (κ3) is 3.69. The summed E-state index contributed by atoms with van der Waals surface area (Å²) in [6.45, 7) is 0.259. The van der Waals surface area contributed by atoms with Crippen molar-refractivity contribution in [2.24, 2.45) is 0 Å². The first-order chi connectivity index (χ1) is 9.10. The predicted octanol–water partition coefficient (Wildman–Crippen LogP) is 4.54. The van der Waals surface area contributed by atoms with Gasteiger partial charge in [0.15, 0.2) is 6.29 Å². The maximum Gasteiger partial charge on any atom is 0.153 e. The Kier molecular flexibility index (Phi) is 4.80. The molecule has 0 saturated carbocycles. The first kappa shape index (κ1) is 14.3. The van der Waals surface area contributed by atoms with Crippen LogP contribution in [0.15, 0.2) is 35.1 Å². The number of pyridine rings is 1. The largest absolute Gasteiger partial charge is 0.487 e. The van der Waals surface area contributed by atoms with Crippen molar-refractivity contribution in [1.29, 1.82) is 0 Å². The number of carbonyl (C=O) groups excluding carboxylic acids is 1. The molecule has 0 aliphatic heterocycles. The van der Waals surface area contributed by atoms with Crippen LogP contribution in [-0.2, 0) is 6.61 Å². The summed E-state index contributed by atoms with van der Waals surface area (Å²) in [5, 5.41) is 0.695. The van der Waals surface area contributed by atoms with Crippen molar-refractivity contribution >= 4 is 45.4 Å². The van der Waals surface area contributed by atoms with Crippen molar-refractivity contribution in [3.05, 3.63) is 56.2 Å². The van der Waals surface area contributed by atoms with E-state index < -0.39 is 0 Å². The second-order valence-electron chi connectivity index (χ2n) is 3.72. The van der Waals surface area contributed by atoms with Gasteiger partial charge in [0.05, 0.1) is 10.6 Å². The summed E-state index contributed by atoms with van der Waals surface area (Å²) in [5.41, 5.74) is 1.18. The lowest BCUT2D eigenvalue weighted by Gasteiger charge is -2.10. The van der Waals surface area contributed by atoms with Crippen LogP contribution in [0.5, 0.6) is 5.75 Å². The average Bonchev–Trinajstić information content (AvgIpc) is 2.37. The first-order valence-electron chi connectivity index (χ1n) is 5.26. The number of aromatic nitrogens is 1. The SMILES string of the molecule is O=Cc1cc(Cl)cc(Cl)c1OCc1cncc(Br)c1. The van der Waals surface area contributed by atoms with Crippen LogP contribution in [0.4, 0.5) is 0 Å². The standard InChI is InChI=1S/C13H8BrCl2NO2/c14-10-1-8(4-17-5-10)7-19-13-9(6-18)2-11(15)3-12(13)16/h1-6H,7H2. The number of rotatable bonds is 4. The molecule has 0 spiro atoms. The van der Waals surface area contributed by atoms with E-state index in [9.17, 15) is 4.79 Å². The lowest BCUT2D eigenvalue weighted by molar-refractivity contribution is 0.111. The van der Waals surface area contributed by atoms with Gasteiger partial charge >= 0.3 is 0 Å². The Bertz CT molecular complexity index is 620. The molecule has 0 radical (unpaired) electrons. The minimum Gasteiger partial charge on any atom is -0.487 e. The van der Waals surface area contributed by atoms with E-state index in [1.54, 1.807) is 12.4 Å². The van der Waals surface area contributed by atoms with E-state index in [1.165, 1.54) is 12.1 Å². The molecule has 1 aromatic heterocycles. The third-order valence-electron chi connectivity index (χ3n) is 2.31. The molecule has 0 atom stereocenters. The van der Waals surface area contributed by atoms with Crippen LogP contribution in [0.3, 0.4) is 0 Å². The number of benzene rings is 1. The monoisotopic (exact) mass is 359 g/mol. The number of aldehydes is 1. The first-order valence-corrected chi connectivity index (χ1v) is 6.81. The van der Waals surface area contributed by atoms with Crippen molar-refractivity contribution < 1.29 is 9.53 Å². The van der Waals surface area contributed by atoms with Crippen LogP contribution < -0.4 is 4.74 Å². The molecule has 0 fully saturated rings. The van der Waals surface area contributed by atoms with E-state index in [0.29, 0.717) is 27.6 Å². The third-order valence-corrected chi connectivity index (χ3v) is 3.24. The molecule has 19 heavy (non-hydrogen) atoms. The Balaban J connectivity index is 2.22. The Labute approximate surface area is 128 Å². The van der Waals surface area contributed by atoms with E-state index in [4.69, 9.17) is 27.9 Å². The zero-order valence-electron chi connectivity index (χ0n) is 9.57. The summed E-state index contributed by atoms with van der Waals surface area (Å²) in [5.74, 6) is 0.320. The Morgan fingerprint density at radius 2 is 2.05 bits per heavy atom. The molecule has 0 aliphatic rings. The van der Waals surface area contributed by atoms with Gasteiger partial charge in [-0.1, -0.05) is 23.2 Å². The zero-order chi connectivity index (χ0) is 13.8.